The summed E-state index contributed by atoms with van der Waals surface area (Å²) < 4.78 is 41.2. The fourth-order valence-electron chi connectivity index (χ4n) is 2.22. The lowest BCUT2D eigenvalue weighted by Crippen LogP contribution is -2.21. The Morgan fingerprint density at radius 1 is 1.19 bits per heavy atom. The number of anilines is 1. The van der Waals surface area contributed by atoms with Gasteiger partial charge >= 0.3 is 6.18 Å². The zero-order chi connectivity index (χ0) is 18.9. The number of pyridine rings is 1. The number of nitrogens with one attached hydrogen (secondary N) is 1. The summed E-state index contributed by atoms with van der Waals surface area (Å²) >= 11 is 5.90. The van der Waals surface area contributed by atoms with Crippen LogP contribution in [0.1, 0.15) is 16.1 Å². The van der Waals surface area contributed by atoms with Gasteiger partial charge in [-0.05, 0) is 36.4 Å². The number of amides is 1. The molecule has 0 bridgehead atoms. The van der Waals surface area contributed by atoms with Gasteiger partial charge in [-0.15, -0.1) is 0 Å². The molecule has 0 saturated carbocycles. The molecule has 0 unspecified atom stereocenters. The van der Waals surface area contributed by atoms with Gasteiger partial charge in [-0.2, -0.15) is 18.3 Å². The van der Waals surface area contributed by atoms with Gasteiger partial charge in [0.2, 0.25) is 0 Å². The molecule has 134 valence electrons. The fraction of sp³-hybridized carbons (Fsp3) is 0.0625. The quantitative estimate of drug-likeness (QED) is 0.673. The van der Waals surface area contributed by atoms with Gasteiger partial charge < -0.3 is 10.4 Å². The van der Waals surface area contributed by atoms with Crippen LogP contribution in [0.25, 0.3) is 5.82 Å². The number of carbonyl (C=O) groups is 1. The first kappa shape index (κ1) is 17.7. The first-order chi connectivity index (χ1) is 12.3. The van der Waals surface area contributed by atoms with Gasteiger partial charge in [-0.3, -0.25) is 4.79 Å². The third-order valence-corrected chi connectivity index (χ3v) is 3.64. The zero-order valence-electron chi connectivity index (χ0n) is 12.8. The normalized spacial score (nSPS) is 11.4. The van der Waals surface area contributed by atoms with Crippen molar-refractivity contribution in [2.24, 2.45) is 0 Å². The Balaban J connectivity index is 2.04. The Hall–Kier alpha value is -3.07. The minimum atomic E-state index is -4.88. The summed E-state index contributed by atoms with van der Waals surface area (Å²) in [6.07, 6.45) is -2.82. The van der Waals surface area contributed by atoms with E-state index in [0.717, 1.165) is 6.20 Å². The largest absolute Gasteiger partial charge is 0.508 e. The van der Waals surface area contributed by atoms with Crippen molar-refractivity contribution in [2.45, 2.75) is 6.18 Å². The van der Waals surface area contributed by atoms with Gasteiger partial charge in [-0.25, -0.2) is 9.67 Å². The van der Waals surface area contributed by atoms with Crippen LogP contribution in [0, 0.1) is 0 Å². The van der Waals surface area contributed by atoms with Gasteiger partial charge in [0, 0.05) is 11.9 Å². The summed E-state index contributed by atoms with van der Waals surface area (Å²) in [5, 5.41) is 15.1. The lowest BCUT2D eigenvalue weighted by molar-refractivity contribution is -0.143. The average Bonchev–Trinajstić information content (AvgIpc) is 3.02. The smallest absolute Gasteiger partial charge is 0.434 e. The standard InChI is InChI=1S/C16H10ClF3N4O2/c17-12-2-1-7-21-14(12)24-13(16(18,19)20)11(8-22-24)15(26)23-9-3-5-10(25)6-4-9/h1-8,25H,(H,23,26). The van der Waals surface area contributed by atoms with Gasteiger partial charge in [0.1, 0.15) is 5.75 Å². The molecule has 0 saturated heterocycles. The van der Waals surface area contributed by atoms with Gasteiger partial charge in [0.05, 0.1) is 16.8 Å². The minimum Gasteiger partial charge on any atom is -0.508 e. The number of benzene rings is 1. The first-order valence-corrected chi connectivity index (χ1v) is 7.51. The third-order valence-electron chi connectivity index (χ3n) is 3.35. The summed E-state index contributed by atoms with van der Waals surface area (Å²) in [5.74, 6) is -1.30. The van der Waals surface area contributed by atoms with Crippen LogP contribution < -0.4 is 5.32 Å². The van der Waals surface area contributed by atoms with Crippen molar-refractivity contribution < 1.29 is 23.1 Å². The molecule has 3 aromatic rings. The summed E-state index contributed by atoms with van der Waals surface area (Å²) in [6, 6.07) is 8.10. The highest BCUT2D eigenvalue weighted by molar-refractivity contribution is 6.32. The fourth-order valence-corrected chi connectivity index (χ4v) is 2.43. The number of aromatic nitrogens is 3. The van der Waals surface area contributed by atoms with E-state index in [-0.39, 0.29) is 22.3 Å². The maximum absolute atomic E-state index is 13.6. The van der Waals surface area contributed by atoms with E-state index in [4.69, 9.17) is 11.6 Å². The van der Waals surface area contributed by atoms with Crippen LogP contribution in [-0.4, -0.2) is 25.8 Å². The summed E-state index contributed by atoms with van der Waals surface area (Å²) in [5.41, 5.74) is -1.77. The lowest BCUT2D eigenvalue weighted by atomic mass is 10.2. The van der Waals surface area contributed by atoms with Crippen molar-refractivity contribution in [3.8, 4) is 11.6 Å². The second-order valence-corrected chi connectivity index (χ2v) is 5.53. The number of phenols is 1. The predicted octanol–water partition coefficient (Wildman–Crippen LogP) is 3.90. The Morgan fingerprint density at radius 3 is 2.50 bits per heavy atom. The van der Waals surface area contributed by atoms with Crippen LogP contribution in [-0.2, 0) is 6.18 Å². The number of hydrogen-bond donors (Lipinski definition) is 2. The summed E-state index contributed by atoms with van der Waals surface area (Å²) in [6.45, 7) is 0. The molecule has 0 aliphatic heterocycles. The van der Waals surface area contributed by atoms with E-state index in [1.165, 1.54) is 42.6 Å². The molecular weight excluding hydrogens is 373 g/mol. The molecule has 3 rings (SSSR count). The second-order valence-electron chi connectivity index (χ2n) is 5.13. The Labute approximate surface area is 149 Å². The molecule has 0 aliphatic carbocycles. The Morgan fingerprint density at radius 2 is 1.88 bits per heavy atom. The highest BCUT2D eigenvalue weighted by atomic mass is 35.5. The van der Waals surface area contributed by atoms with Gasteiger partial charge in [-0.1, -0.05) is 11.6 Å². The van der Waals surface area contributed by atoms with Crippen LogP contribution in [0.5, 0.6) is 5.75 Å². The molecule has 0 atom stereocenters. The lowest BCUT2D eigenvalue weighted by Gasteiger charge is -2.13. The van der Waals surface area contributed by atoms with E-state index < -0.39 is 23.3 Å². The van der Waals surface area contributed by atoms with E-state index in [1.807, 2.05) is 0 Å². The number of carbonyl (C=O) groups excluding carboxylic acids is 1. The number of rotatable bonds is 3. The number of alkyl halides is 3. The molecule has 1 aromatic carbocycles. The van der Waals surface area contributed by atoms with E-state index >= 15 is 0 Å². The molecule has 2 aromatic heterocycles. The van der Waals surface area contributed by atoms with Crippen LogP contribution >= 0.6 is 11.6 Å². The van der Waals surface area contributed by atoms with E-state index in [9.17, 15) is 23.1 Å². The summed E-state index contributed by atoms with van der Waals surface area (Å²) in [7, 11) is 0. The Kier molecular flexibility index (Phi) is 4.56. The molecule has 26 heavy (non-hydrogen) atoms. The number of nitrogens with zero attached hydrogens (tertiary/aromatic N) is 3. The molecule has 0 aliphatic rings. The molecule has 10 heteroatoms. The van der Waals surface area contributed by atoms with Crippen LogP contribution in [0.4, 0.5) is 18.9 Å². The van der Waals surface area contributed by atoms with Crippen molar-refractivity contribution >= 4 is 23.2 Å². The van der Waals surface area contributed by atoms with Crippen LogP contribution in [0.3, 0.4) is 0 Å². The topological polar surface area (TPSA) is 80.0 Å². The van der Waals surface area contributed by atoms with Crippen molar-refractivity contribution in [1.82, 2.24) is 14.8 Å². The second kappa shape index (κ2) is 6.68. The number of aromatic hydroxyl groups is 1. The van der Waals surface area contributed by atoms with E-state index in [2.05, 4.69) is 15.4 Å². The SMILES string of the molecule is O=C(Nc1ccc(O)cc1)c1cnn(-c2ncccc2Cl)c1C(F)(F)F. The highest BCUT2D eigenvalue weighted by Crippen LogP contribution is 2.34. The maximum atomic E-state index is 13.6. The number of hydrogen-bond acceptors (Lipinski definition) is 4. The minimum absolute atomic E-state index is 0.0448. The van der Waals surface area contributed by atoms with E-state index in [0.29, 0.717) is 4.68 Å². The predicted molar refractivity (Wildman–Crippen MR) is 87.4 cm³/mol. The monoisotopic (exact) mass is 382 g/mol. The molecule has 0 radical (unpaired) electrons. The highest BCUT2D eigenvalue weighted by Gasteiger charge is 2.41. The zero-order valence-corrected chi connectivity index (χ0v) is 13.6. The van der Waals surface area contributed by atoms with Gasteiger partial charge in [0.25, 0.3) is 5.91 Å². The van der Waals surface area contributed by atoms with Crippen LogP contribution in [0.2, 0.25) is 5.02 Å². The molecule has 6 nitrogen and oxygen atoms in total. The summed E-state index contributed by atoms with van der Waals surface area (Å²) in [4.78, 5) is 16.1. The van der Waals surface area contributed by atoms with Crippen molar-refractivity contribution in [2.75, 3.05) is 5.32 Å². The van der Waals surface area contributed by atoms with Crippen LogP contribution in [0.15, 0.2) is 48.8 Å². The molecule has 0 spiro atoms. The van der Waals surface area contributed by atoms with Crippen molar-refractivity contribution in [1.29, 1.82) is 0 Å². The van der Waals surface area contributed by atoms with E-state index in [1.54, 1.807) is 0 Å². The Bertz CT molecular complexity index is 955. The van der Waals surface area contributed by atoms with Crippen molar-refractivity contribution in [3.05, 3.63) is 65.1 Å². The molecule has 0 fully saturated rings. The maximum Gasteiger partial charge on any atom is 0.434 e. The third kappa shape index (κ3) is 3.47. The molecule has 2 N–H and O–H groups in total. The first-order valence-electron chi connectivity index (χ1n) is 7.14. The van der Waals surface area contributed by atoms with Crippen molar-refractivity contribution in [3.63, 3.8) is 0 Å². The average molecular weight is 383 g/mol. The molecule has 1 amide bonds. The number of phenolic OH excluding ortho intramolecular Hbond substituents is 1. The number of halogens is 4. The molecule has 2 heterocycles. The van der Waals surface area contributed by atoms with Gasteiger partial charge in [0.15, 0.2) is 11.5 Å². The molecular formula is C16H10ClF3N4O2.